The average molecular weight is 523 g/mol. The molecule has 0 aliphatic rings. The molecule has 0 saturated heterocycles. The highest BCUT2D eigenvalue weighted by molar-refractivity contribution is 7.24. The monoisotopic (exact) mass is 522 g/mol. The number of alkyl halides is 3. The highest BCUT2D eigenvalue weighted by atomic mass is 32.1. The quantitative estimate of drug-likeness (QED) is 0.207. The van der Waals surface area contributed by atoms with Crippen molar-refractivity contribution in [3.8, 4) is 5.75 Å². The van der Waals surface area contributed by atoms with Crippen molar-refractivity contribution in [3.63, 3.8) is 0 Å². The summed E-state index contributed by atoms with van der Waals surface area (Å²) >= 11 is 2.95. The molecule has 0 spiro atoms. The Morgan fingerprint density at radius 1 is 0.611 bits per heavy atom. The summed E-state index contributed by atoms with van der Waals surface area (Å²) in [6, 6.07) is 23.5. The molecule has 3 nitrogen and oxygen atoms in total. The number of rotatable bonds is 1. The number of methoxy groups -OCH3 is 1. The molecular weight excluding hydrogens is 505 g/mol. The van der Waals surface area contributed by atoms with Crippen LogP contribution in [-0.2, 0) is 6.18 Å². The second-order valence-electron chi connectivity index (χ2n) is 7.93. The molecule has 36 heavy (non-hydrogen) atoms. The van der Waals surface area contributed by atoms with Crippen LogP contribution < -0.4 is 15.6 Å². The number of benzene rings is 4. The van der Waals surface area contributed by atoms with Crippen LogP contribution in [0.15, 0.2) is 94.5 Å². The van der Waals surface area contributed by atoms with E-state index >= 15 is 0 Å². The molecule has 0 aliphatic carbocycles. The third kappa shape index (κ3) is 4.45. The lowest BCUT2D eigenvalue weighted by Crippen LogP contribution is -2.07. The normalized spacial score (nSPS) is 11.6. The van der Waals surface area contributed by atoms with Gasteiger partial charge in [0.1, 0.15) is 5.75 Å². The van der Waals surface area contributed by atoms with E-state index in [1.807, 2.05) is 36.4 Å². The molecule has 6 aromatic rings. The van der Waals surface area contributed by atoms with Crippen molar-refractivity contribution < 1.29 is 17.9 Å². The molecule has 0 bridgehead atoms. The molecule has 4 aromatic carbocycles. The van der Waals surface area contributed by atoms with Crippen molar-refractivity contribution in [3.05, 3.63) is 111 Å². The fourth-order valence-electron chi connectivity index (χ4n) is 3.89. The maximum absolute atomic E-state index is 12.7. The molecule has 2 heterocycles. The molecule has 0 atom stereocenters. The number of fused-ring (bicyclic) bond motifs is 4. The zero-order valence-electron chi connectivity index (χ0n) is 18.8. The minimum absolute atomic E-state index is 0.0771. The summed E-state index contributed by atoms with van der Waals surface area (Å²) in [4.78, 5) is 24.5. The van der Waals surface area contributed by atoms with Gasteiger partial charge >= 0.3 is 6.18 Å². The van der Waals surface area contributed by atoms with Gasteiger partial charge in [0.2, 0.25) is 0 Å². The van der Waals surface area contributed by atoms with E-state index in [1.165, 1.54) is 17.4 Å². The highest BCUT2D eigenvalue weighted by Gasteiger charge is 2.30. The molecule has 0 aliphatic heterocycles. The Morgan fingerprint density at radius 2 is 1.08 bits per heavy atom. The van der Waals surface area contributed by atoms with Gasteiger partial charge in [-0.05, 0) is 60.7 Å². The zero-order valence-corrected chi connectivity index (χ0v) is 20.4. The van der Waals surface area contributed by atoms with E-state index in [9.17, 15) is 22.8 Å². The number of halogens is 3. The van der Waals surface area contributed by atoms with Gasteiger partial charge in [-0.1, -0.05) is 24.3 Å². The molecule has 0 saturated carbocycles. The van der Waals surface area contributed by atoms with Crippen LogP contribution >= 0.6 is 22.7 Å². The molecule has 0 unspecified atom stereocenters. The summed E-state index contributed by atoms with van der Waals surface area (Å²) in [5.74, 6) is 0.720. The van der Waals surface area contributed by atoms with Crippen LogP contribution in [0.4, 0.5) is 13.2 Å². The number of hydrogen-bond donors (Lipinski definition) is 0. The summed E-state index contributed by atoms with van der Waals surface area (Å²) in [6.07, 6.45) is -4.43. The lowest BCUT2D eigenvalue weighted by Gasteiger charge is -2.07. The zero-order chi connectivity index (χ0) is 25.4. The standard InChI is InChI=1S/C14H7F3OS.C14H10O2S/c15-14(16,17)8-5-6-12-10(7-8)13(18)9-3-1-2-4-11(9)19-12;1-16-9-6-7-13-11(8-9)14(15)10-4-2-3-5-12(10)17-13/h1-7H;2-8H,1H3. The fourth-order valence-corrected chi connectivity index (χ4v) is 5.99. The van der Waals surface area contributed by atoms with E-state index in [0.29, 0.717) is 10.1 Å². The molecule has 6 rings (SSSR count). The van der Waals surface area contributed by atoms with E-state index in [1.54, 1.807) is 48.8 Å². The van der Waals surface area contributed by atoms with Crippen LogP contribution in [0.2, 0.25) is 0 Å². The van der Waals surface area contributed by atoms with Crippen LogP contribution in [0.5, 0.6) is 5.75 Å². The summed E-state index contributed by atoms with van der Waals surface area (Å²) in [7, 11) is 1.61. The van der Waals surface area contributed by atoms with Crippen LogP contribution in [0, 0.1) is 0 Å². The van der Waals surface area contributed by atoms with Gasteiger partial charge in [-0.2, -0.15) is 13.2 Å². The first-order valence-electron chi connectivity index (χ1n) is 10.8. The first-order valence-corrected chi connectivity index (χ1v) is 12.4. The molecule has 0 N–H and O–H groups in total. The van der Waals surface area contributed by atoms with Gasteiger partial charge in [0.15, 0.2) is 10.9 Å². The summed E-state index contributed by atoms with van der Waals surface area (Å²) < 4.78 is 46.5. The third-order valence-corrected chi connectivity index (χ3v) is 7.99. The first kappa shape index (κ1) is 24.0. The Hall–Kier alpha value is -3.75. The van der Waals surface area contributed by atoms with Crippen molar-refractivity contribution in [1.82, 2.24) is 0 Å². The van der Waals surface area contributed by atoms with Crippen molar-refractivity contribution >= 4 is 63.0 Å². The largest absolute Gasteiger partial charge is 0.497 e. The van der Waals surface area contributed by atoms with Crippen molar-refractivity contribution in [2.45, 2.75) is 6.18 Å². The molecule has 0 radical (unpaired) electrons. The molecule has 8 heteroatoms. The molecular formula is C28H17F3O3S2. The highest BCUT2D eigenvalue weighted by Crippen LogP contribution is 2.33. The second-order valence-corrected chi connectivity index (χ2v) is 10.1. The van der Waals surface area contributed by atoms with Gasteiger partial charge in [0.05, 0.1) is 12.7 Å². The second kappa shape index (κ2) is 9.37. The van der Waals surface area contributed by atoms with E-state index in [2.05, 4.69) is 0 Å². The molecule has 180 valence electrons. The van der Waals surface area contributed by atoms with Gasteiger partial charge in [0.25, 0.3) is 0 Å². The van der Waals surface area contributed by atoms with E-state index in [-0.39, 0.29) is 16.2 Å². The van der Waals surface area contributed by atoms with Crippen LogP contribution in [-0.4, -0.2) is 7.11 Å². The molecule has 0 amide bonds. The molecule has 2 aromatic heterocycles. The van der Waals surface area contributed by atoms with E-state index in [4.69, 9.17) is 4.74 Å². The Balaban J connectivity index is 0.000000149. The Morgan fingerprint density at radius 3 is 1.61 bits per heavy atom. The smallest absolute Gasteiger partial charge is 0.416 e. The maximum atomic E-state index is 12.7. The first-order chi connectivity index (χ1) is 17.3. The summed E-state index contributed by atoms with van der Waals surface area (Å²) in [5, 5.41) is 2.09. The lowest BCUT2D eigenvalue weighted by molar-refractivity contribution is -0.137. The Bertz CT molecular complexity index is 1870. The van der Waals surface area contributed by atoms with E-state index in [0.717, 1.165) is 42.8 Å². The summed E-state index contributed by atoms with van der Waals surface area (Å²) in [5.41, 5.74) is -1.07. The van der Waals surface area contributed by atoms with Gasteiger partial charge in [-0.25, -0.2) is 0 Å². The number of ether oxygens (including phenoxy) is 1. The third-order valence-electron chi connectivity index (χ3n) is 5.69. The van der Waals surface area contributed by atoms with Gasteiger partial charge < -0.3 is 4.74 Å². The minimum Gasteiger partial charge on any atom is -0.497 e. The van der Waals surface area contributed by atoms with Crippen LogP contribution in [0.3, 0.4) is 0 Å². The fraction of sp³-hybridized carbons (Fsp3) is 0.0714. The van der Waals surface area contributed by atoms with Crippen molar-refractivity contribution in [2.75, 3.05) is 7.11 Å². The van der Waals surface area contributed by atoms with Crippen molar-refractivity contribution in [1.29, 1.82) is 0 Å². The SMILES string of the molecule is COc1ccc2sc3ccccc3c(=O)c2c1.O=c1c2ccccc2sc2ccc(C(F)(F)F)cc12. The van der Waals surface area contributed by atoms with Gasteiger partial charge in [-0.3, -0.25) is 9.59 Å². The lowest BCUT2D eigenvalue weighted by atomic mass is 10.1. The van der Waals surface area contributed by atoms with E-state index < -0.39 is 11.7 Å². The Kier molecular flexibility index (Phi) is 6.24. The Labute approximate surface area is 210 Å². The topological polar surface area (TPSA) is 43.4 Å². The van der Waals surface area contributed by atoms with Gasteiger partial charge in [0, 0.05) is 40.3 Å². The maximum Gasteiger partial charge on any atom is 0.416 e. The summed E-state index contributed by atoms with van der Waals surface area (Å²) in [6.45, 7) is 0. The molecule has 0 fully saturated rings. The average Bonchev–Trinajstić information content (AvgIpc) is 2.88. The predicted molar refractivity (Wildman–Crippen MR) is 143 cm³/mol. The minimum atomic E-state index is -4.43. The van der Waals surface area contributed by atoms with Crippen molar-refractivity contribution in [2.24, 2.45) is 0 Å². The van der Waals surface area contributed by atoms with Crippen LogP contribution in [0.25, 0.3) is 40.3 Å². The number of hydrogen-bond acceptors (Lipinski definition) is 5. The van der Waals surface area contributed by atoms with Crippen LogP contribution in [0.1, 0.15) is 5.56 Å². The van der Waals surface area contributed by atoms with Gasteiger partial charge in [-0.15, -0.1) is 22.7 Å². The predicted octanol–water partition coefficient (Wildman–Crippen LogP) is 7.86.